The predicted octanol–water partition coefficient (Wildman–Crippen LogP) is 2.43. The minimum Gasteiger partial charge on any atom is -0.383 e. The number of halogens is 2. The highest BCUT2D eigenvalue weighted by Crippen LogP contribution is 2.44. The molecule has 0 bridgehead atoms. The van der Waals surface area contributed by atoms with Crippen LogP contribution in [0.5, 0.6) is 0 Å². The molecule has 2 atom stereocenters. The second-order valence-electron chi connectivity index (χ2n) is 6.42. The maximum absolute atomic E-state index is 14.0. The van der Waals surface area contributed by atoms with Crippen LogP contribution in [0.1, 0.15) is 37.4 Å². The van der Waals surface area contributed by atoms with Gasteiger partial charge in [-0.05, 0) is 31.2 Å². The summed E-state index contributed by atoms with van der Waals surface area (Å²) in [4.78, 5) is 11.8. The van der Waals surface area contributed by atoms with E-state index >= 15 is 0 Å². The highest BCUT2D eigenvalue weighted by Gasteiger charge is 2.61. The van der Waals surface area contributed by atoms with Crippen LogP contribution in [-0.2, 0) is 9.53 Å². The Morgan fingerprint density at radius 3 is 2.65 bits per heavy atom. The van der Waals surface area contributed by atoms with Gasteiger partial charge in [-0.2, -0.15) is 8.78 Å². The SMILES string of the molecule is O=C(NC[C@H]1CCO[C@@H]1c1ccccc1)C(F)(F)C1(O)CCC1. The number of alkyl halides is 2. The predicted molar refractivity (Wildman–Crippen MR) is 80.0 cm³/mol. The zero-order chi connectivity index (χ0) is 16.5. The number of nitrogens with one attached hydrogen (secondary N) is 1. The summed E-state index contributed by atoms with van der Waals surface area (Å²) in [6.45, 7) is 0.657. The minimum atomic E-state index is -3.74. The maximum Gasteiger partial charge on any atom is 0.352 e. The number of carbonyl (C=O) groups is 1. The zero-order valence-electron chi connectivity index (χ0n) is 12.8. The molecule has 1 aromatic carbocycles. The molecular weight excluding hydrogens is 304 g/mol. The summed E-state index contributed by atoms with van der Waals surface area (Å²) in [6.07, 6.45) is 0.956. The van der Waals surface area contributed by atoms with E-state index < -0.39 is 17.4 Å². The molecule has 0 radical (unpaired) electrons. The van der Waals surface area contributed by atoms with E-state index in [2.05, 4.69) is 5.32 Å². The van der Waals surface area contributed by atoms with Gasteiger partial charge in [-0.3, -0.25) is 4.79 Å². The van der Waals surface area contributed by atoms with E-state index in [9.17, 15) is 18.7 Å². The third-order valence-corrected chi connectivity index (χ3v) is 4.92. The van der Waals surface area contributed by atoms with Gasteiger partial charge in [0.2, 0.25) is 0 Å². The van der Waals surface area contributed by atoms with E-state index in [4.69, 9.17) is 4.74 Å². The van der Waals surface area contributed by atoms with Crippen molar-refractivity contribution in [3.63, 3.8) is 0 Å². The van der Waals surface area contributed by atoms with Gasteiger partial charge < -0.3 is 15.2 Å². The highest BCUT2D eigenvalue weighted by molar-refractivity contribution is 5.85. The molecule has 3 rings (SSSR count). The van der Waals surface area contributed by atoms with E-state index in [1.165, 1.54) is 0 Å². The molecular formula is C17H21F2NO3. The van der Waals surface area contributed by atoms with E-state index in [0.29, 0.717) is 19.4 Å². The molecule has 4 nitrogen and oxygen atoms in total. The van der Waals surface area contributed by atoms with Gasteiger partial charge in [0, 0.05) is 19.1 Å². The molecule has 1 saturated heterocycles. The normalized spacial score (nSPS) is 26.6. The Morgan fingerprint density at radius 2 is 2.04 bits per heavy atom. The standard InChI is InChI=1S/C17H21F2NO3/c18-17(19,16(22)8-4-9-16)15(21)20-11-13-7-10-23-14(13)12-5-2-1-3-6-12/h1-3,5-6,13-14,22H,4,7-11H2,(H,20,21)/t13-,14-/m1/s1. The van der Waals surface area contributed by atoms with Crippen LogP contribution in [0.3, 0.4) is 0 Å². The first kappa shape index (κ1) is 16.3. The van der Waals surface area contributed by atoms with E-state index in [-0.39, 0.29) is 31.4 Å². The van der Waals surface area contributed by atoms with Crippen molar-refractivity contribution in [3.8, 4) is 0 Å². The number of ether oxygens (including phenoxy) is 1. The first-order valence-electron chi connectivity index (χ1n) is 7.99. The van der Waals surface area contributed by atoms with E-state index in [0.717, 1.165) is 5.56 Å². The van der Waals surface area contributed by atoms with Gasteiger partial charge >= 0.3 is 5.92 Å². The number of amides is 1. The second-order valence-corrected chi connectivity index (χ2v) is 6.42. The van der Waals surface area contributed by atoms with Crippen molar-refractivity contribution in [2.24, 2.45) is 5.92 Å². The van der Waals surface area contributed by atoms with Crippen molar-refractivity contribution in [2.45, 2.75) is 43.3 Å². The Kier molecular flexibility index (Phi) is 4.38. The molecule has 1 saturated carbocycles. The summed E-state index contributed by atoms with van der Waals surface area (Å²) in [5, 5.41) is 12.1. The fourth-order valence-corrected chi connectivity index (χ4v) is 3.23. The van der Waals surface area contributed by atoms with Crippen LogP contribution in [-0.4, -0.2) is 35.7 Å². The number of rotatable bonds is 5. The van der Waals surface area contributed by atoms with Gasteiger partial charge in [-0.25, -0.2) is 0 Å². The molecule has 0 spiro atoms. The Hall–Kier alpha value is -1.53. The van der Waals surface area contributed by atoms with E-state index in [1.54, 1.807) is 0 Å². The third-order valence-electron chi connectivity index (χ3n) is 4.92. The summed E-state index contributed by atoms with van der Waals surface area (Å²) >= 11 is 0. The molecule has 2 fully saturated rings. The second kappa shape index (κ2) is 6.17. The molecule has 2 aliphatic rings. The number of benzene rings is 1. The van der Waals surface area contributed by atoms with Gasteiger partial charge in [0.1, 0.15) is 5.60 Å². The van der Waals surface area contributed by atoms with Gasteiger partial charge in [0.25, 0.3) is 5.91 Å². The van der Waals surface area contributed by atoms with Crippen molar-refractivity contribution in [2.75, 3.05) is 13.2 Å². The molecule has 1 aromatic rings. The summed E-state index contributed by atoms with van der Waals surface area (Å²) in [6, 6.07) is 9.54. The molecule has 6 heteroatoms. The number of hydrogen-bond donors (Lipinski definition) is 2. The zero-order valence-corrected chi connectivity index (χ0v) is 12.8. The van der Waals surface area contributed by atoms with Gasteiger partial charge in [-0.15, -0.1) is 0 Å². The molecule has 2 N–H and O–H groups in total. The van der Waals surface area contributed by atoms with Crippen LogP contribution in [0.2, 0.25) is 0 Å². The average molecular weight is 325 g/mol. The third kappa shape index (κ3) is 2.97. The lowest BCUT2D eigenvalue weighted by Crippen LogP contribution is -2.61. The summed E-state index contributed by atoms with van der Waals surface area (Å²) < 4.78 is 33.8. The lowest BCUT2D eigenvalue weighted by Gasteiger charge is -2.41. The molecule has 1 heterocycles. The Morgan fingerprint density at radius 1 is 1.35 bits per heavy atom. The molecule has 23 heavy (non-hydrogen) atoms. The Bertz CT molecular complexity index is 560. The Labute approximate surface area is 133 Å². The summed E-state index contributed by atoms with van der Waals surface area (Å²) in [5.74, 6) is -5.18. The first-order valence-corrected chi connectivity index (χ1v) is 7.99. The highest BCUT2D eigenvalue weighted by atomic mass is 19.3. The molecule has 0 aromatic heterocycles. The molecule has 126 valence electrons. The fourth-order valence-electron chi connectivity index (χ4n) is 3.23. The van der Waals surface area contributed by atoms with Gasteiger partial charge in [-0.1, -0.05) is 30.3 Å². The van der Waals surface area contributed by atoms with E-state index in [1.807, 2.05) is 30.3 Å². The summed E-state index contributed by atoms with van der Waals surface area (Å²) in [7, 11) is 0. The van der Waals surface area contributed by atoms with Crippen molar-refractivity contribution in [1.82, 2.24) is 5.32 Å². The van der Waals surface area contributed by atoms with Crippen molar-refractivity contribution >= 4 is 5.91 Å². The van der Waals surface area contributed by atoms with Crippen molar-refractivity contribution < 1.29 is 23.4 Å². The van der Waals surface area contributed by atoms with Crippen LogP contribution in [0.15, 0.2) is 30.3 Å². The smallest absolute Gasteiger partial charge is 0.352 e. The Balaban J connectivity index is 1.60. The number of hydrogen-bond acceptors (Lipinski definition) is 3. The van der Waals surface area contributed by atoms with Crippen molar-refractivity contribution in [3.05, 3.63) is 35.9 Å². The van der Waals surface area contributed by atoms with Gasteiger partial charge in [0.15, 0.2) is 0 Å². The van der Waals surface area contributed by atoms with Gasteiger partial charge in [0.05, 0.1) is 6.10 Å². The molecule has 1 amide bonds. The maximum atomic E-state index is 14.0. The fraction of sp³-hybridized carbons (Fsp3) is 0.588. The average Bonchev–Trinajstić information content (AvgIpc) is 2.99. The molecule has 1 aliphatic heterocycles. The summed E-state index contributed by atoms with van der Waals surface area (Å²) in [5.41, 5.74) is -1.20. The monoisotopic (exact) mass is 325 g/mol. The van der Waals surface area contributed by atoms with Crippen LogP contribution in [0.25, 0.3) is 0 Å². The topological polar surface area (TPSA) is 58.6 Å². The van der Waals surface area contributed by atoms with Crippen molar-refractivity contribution in [1.29, 1.82) is 0 Å². The van der Waals surface area contributed by atoms with Crippen LogP contribution >= 0.6 is 0 Å². The first-order chi connectivity index (χ1) is 10.9. The lowest BCUT2D eigenvalue weighted by atomic mass is 9.75. The lowest BCUT2D eigenvalue weighted by molar-refractivity contribution is -0.216. The molecule has 1 aliphatic carbocycles. The quantitative estimate of drug-likeness (QED) is 0.874. The van der Waals surface area contributed by atoms with Crippen LogP contribution in [0.4, 0.5) is 8.78 Å². The number of aliphatic hydroxyl groups is 1. The number of carbonyl (C=O) groups excluding carboxylic acids is 1. The van der Waals surface area contributed by atoms with Crippen LogP contribution < -0.4 is 5.32 Å². The molecule has 0 unspecified atom stereocenters. The van der Waals surface area contributed by atoms with Crippen LogP contribution in [0, 0.1) is 5.92 Å². The minimum absolute atomic E-state index is 0.0351. The largest absolute Gasteiger partial charge is 0.383 e.